The van der Waals surface area contributed by atoms with E-state index < -0.39 is 0 Å². The van der Waals surface area contributed by atoms with E-state index in [9.17, 15) is 0 Å². The van der Waals surface area contributed by atoms with Crippen LogP contribution in [0.25, 0.3) is 0 Å². The molecular formula is C11H21N3. The summed E-state index contributed by atoms with van der Waals surface area (Å²) in [6.45, 7) is 4.32. The van der Waals surface area contributed by atoms with Crippen molar-refractivity contribution in [1.82, 2.24) is 9.78 Å². The van der Waals surface area contributed by atoms with Crippen LogP contribution in [0.2, 0.25) is 0 Å². The quantitative estimate of drug-likeness (QED) is 0.779. The van der Waals surface area contributed by atoms with Crippen LogP contribution >= 0.6 is 0 Å². The Morgan fingerprint density at radius 3 is 2.50 bits per heavy atom. The van der Waals surface area contributed by atoms with Gasteiger partial charge in [0.15, 0.2) is 0 Å². The van der Waals surface area contributed by atoms with Gasteiger partial charge < -0.3 is 5.73 Å². The fourth-order valence-electron chi connectivity index (χ4n) is 1.63. The summed E-state index contributed by atoms with van der Waals surface area (Å²) < 4.78 is 1.92. The van der Waals surface area contributed by atoms with Gasteiger partial charge in [-0.3, -0.25) is 4.68 Å². The maximum atomic E-state index is 6.23. The van der Waals surface area contributed by atoms with Gasteiger partial charge >= 0.3 is 0 Å². The van der Waals surface area contributed by atoms with Gasteiger partial charge in [-0.25, -0.2) is 0 Å². The van der Waals surface area contributed by atoms with Crippen LogP contribution in [0.15, 0.2) is 12.3 Å². The number of aryl methyl sites for hydroxylation is 2. The Labute approximate surface area is 86.3 Å². The van der Waals surface area contributed by atoms with Gasteiger partial charge in [0.05, 0.1) is 0 Å². The number of rotatable bonds is 5. The predicted molar refractivity (Wildman–Crippen MR) is 59.0 cm³/mol. The summed E-state index contributed by atoms with van der Waals surface area (Å²) in [4.78, 5) is 0. The minimum Gasteiger partial charge on any atom is -0.325 e. The molecule has 0 saturated heterocycles. The average Bonchev–Trinajstić information content (AvgIpc) is 2.61. The molecule has 0 atom stereocenters. The number of aromatic nitrogens is 2. The summed E-state index contributed by atoms with van der Waals surface area (Å²) >= 11 is 0. The van der Waals surface area contributed by atoms with Crippen LogP contribution in [0.5, 0.6) is 0 Å². The smallest absolute Gasteiger partial charge is 0.0492 e. The van der Waals surface area contributed by atoms with Gasteiger partial charge in [0.2, 0.25) is 0 Å². The summed E-state index contributed by atoms with van der Waals surface area (Å²) in [6.07, 6.45) is 5.99. The van der Waals surface area contributed by atoms with Crippen molar-refractivity contribution in [3.8, 4) is 0 Å². The molecule has 2 N–H and O–H groups in total. The van der Waals surface area contributed by atoms with Gasteiger partial charge in [0.1, 0.15) is 0 Å². The van der Waals surface area contributed by atoms with Crippen LogP contribution in [0.1, 0.15) is 38.8 Å². The van der Waals surface area contributed by atoms with E-state index in [-0.39, 0.29) is 5.54 Å². The zero-order valence-electron chi connectivity index (χ0n) is 9.45. The maximum absolute atomic E-state index is 6.23. The second kappa shape index (κ2) is 4.60. The summed E-state index contributed by atoms with van der Waals surface area (Å²) in [7, 11) is 1.98. The standard InChI is InChI=1S/C11H21N3/c1-4-11(12,5-2)8-6-10-7-9-13-14(10)3/h7,9H,4-6,8,12H2,1-3H3. The molecular weight excluding hydrogens is 174 g/mol. The highest BCUT2D eigenvalue weighted by Crippen LogP contribution is 2.18. The van der Waals surface area contributed by atoms with E-state index in [1.165, 1.54) is 5.69 Å². The van der Waals surface area contributed by atoms with Crippen LogP contribution in [0.3, 0.4) is 0 Å². The molecule has 0 fully saturated rings. The molecule has 0 spiro atoms. The van der Waals surface area contributed by atoms with E-state index in [4.69, 9.17) is 5.73 Å². The summed E-state index contributed by atoms with van der Waals surface area (Å²) in [5.74, 6) is 0. The fourth-order valence-corrected chi connectivity index (χ4v) is 1.63. The van der Waals surface area contributed by atoms with Crippen molar-refractivity contribution >= 4 is 0 Å². The first kappa shape index (κ1) is 11.2. The molecule has 3 nitrogen and oxygen atoms in total. The highest BCUT2D eigenvalue weighted by Gasteiger charge is 2.20. The van der Waals surface area contributed by atoms with Crippen molar-refractivity contribution in [2.24, 2.45) is 12.8 Å². The van der Waals surface area contributed by atoms with E-state index in [0.29, 0.717) is 0 Å². The number of nitrogens with zero attached hydrogens (tertiary/aromatic N) is 2. The molecule has 1 aromatic rings. The molecule has 80 valence electrons. The van der Waals surface area contributed by atoms with Gasteiger partial charge in [-0.15, -0.1) is 0 Å². The Morgan fingerprint density at radius 1 is 1.43 bits per heavy atom. The third-order valence-corrected chi connectivity index (χ3v) is 3.21. The molecule has 1 aromatic heterocycles. The molecule has 0 radical (unpaired) electrons. The predicted octanol–water partition coefficient (Wildman–Crippen LogP) is 1.87. The van der Waals surface area contributed by atoms with Crippen molar-refractivity contribution in [1.29, 1.82) is 0 Å². The molecule has 0 aliphatic heterocycles. The number of nitrogens with two attached hydrogens (primary N) is 1. The Balaban J connectivity index is 2.52. The van der Waals surface area contributed by atoms with Crippen LogP contribution in [-0.4, -0.2) is 15.3 Å². The first-order chi connectivity index (χ1) is 6.61. The Bertz CT molecular complexity index is 274. The van der Waals surface area contributed by atoms with E-state index in [2.05, 4.69) is 25.0 Å². The lowest BCUT2D eigenvalue weighted by Crippen LogP contribution is -2.38. The minimum atomic E-state index is 0.00424. The van der Waals surface area contributed by atoms with Crippen molar-refractivity contribution in [3.63, 3.8) is 0 Å². The Morgan fingerprint density at radius 2 is 2.07 bits per heavy atom. The zero-order chi connectivity index (χ0) is 10.6. The molecule has 1 heterocycles. The molecule has 0 amide bonds. The van der Waals surface area contributed by atoms with E-state index >= 15 is 0 Å². The maximum Gasteiger partial charge on any atom is 0.0492 e. The van der Waals surface area contributed by atoms with E-state index in [0.717, 1.165) is 25.7 Å². The number of hydrogen-bond acceptors (Lipinski definition) is 2. The normalized spacial score (nSPS) is 12.0. The lowest BCUT2D eigenvalue weighted by atomic mass is 9.88. The van der Waals surface area contributed by atoms with Crippen molar-refractivity contribution in [2.45, 2.75) is 45.1 Å². The molecule has 0 aliphatic rings. The largest absolute Gasteiger partial charge is 0.325 e. The minimum absolute atomic E-state index is 0.00424. The van der Waals surface area contributed by atoms with Gasteiger partial charge in [0, 0.05) is 24.5 Å². The number of hydrogen-bond donors (Lipinski definition) is 1. The molecule has 14 heavy (non-hydrogen) atoms. The first-order valence-corrected chi connectivity index (χ1v) is 5.37. The Hall–Kier alpha value is -0.830. The van der Waals surface area contributed by atoms with Crippen molar-refractivity contribution in [2.75, 3.05) is 0 Å². The SMILES string of the molecule is CCC(N)(CC)CCc1ccnn1C. The van der Waals surface area contributed by atoms with Gasteiger partial charge in [0.25, 0.3) is 0 Å². The third kappa shape index (κ3) is 2.58. The molecule has 0 aliphatic carbocycles. The molecule has 0 saturated carbocycles. The van der Waals surface area contributed by atoms with Crippen LogP contribution in [-0.2, 0) is 13.5 Å². The monoisotopic (exact) mass is 195 g/mol. The van der Waals surface area contributed by atoms with Crippen LogP contribution in [0.4, 0.5) is 0 Å². The lowest BCUT2D eigenvalue weighted by molar-refractivity contribution is 0.364. The highest BCUT2D eigenvalue weighted by atomic mass is 15.2. The second-order valence-corrected chi connectivity index (χ2v) is 4.02. The molecule has 3 heteroatoms. The summed E-state index contributed by atoms with van der Waals surface area (Å²) in [6, 6.07) is 2.06. The summed E-state index contributed by atoms with van der Waals surface area (Å²) in [5, 5.41) is 4.14. The summed E-state index contributed by atoms with van der Waals surface area (Å²) in [5.41, 5.74) is 7.50. The van der Waals surface area contributed by atoms with E-state index in [1.54, 1.807) is 0 Å². The lowest BCUT2D eigenvalue weighted by Gasteiger charge is -2.26. The van der Waals surface area contributed by atoms with Crippen molar-refractivity contribution in [3.05, 3.63) is 18.0 Å². The van der Waals surface area contributed by atoms with E-state index in [1.807, 2.05) is 17.9 Å². The van der Waals surface area contributed by atoms with Gasteiger partial charge in [-0.2, -0.15) is 5.10 Å². The van der Waals surface area contributed by atoms with Crippen LogP contribution < -0.4 is 5.73 Å². The third-order valence-electron chi connectivity index (χ3n) is 3.21. The molecule has 0 aromatic carbocycles. The first-order valence-electron chi connectivity index (χ1n) is 5.37. The molecule has 0 bridgehead atoms. The topological polar surface area (TPSA) is 43.8 Å². The van der Waals surface area contributed by atoms with Gasteiger partial charge in [-0.05, 0) is 31.7 Å². The zero-order valence-corrected chi connectivity index (χ0v) is 9.45. The molecule has 0 unspecified atom stereocenters. The fraction of sp³-hybridized carbons (Fsp3) is 0.727. The molecule has 1 rings (SSSR count). The second-order valence-electron chi connectivity index (χ2n) is 4.02. The van der Waals surface area contributed by atoms with Crippen molar-refractivity contribution < 1.29 is 0 Å². The van der Waals surface area contributed by atoms with Crippen LogP contribution in [0, 0.1) is 0 Å². The van der Waals surface area contributed by atoms with Gasteiger partial charge in [-0.1, -0.05) is 13.8 Å². The average molecular weight is 195 g/mol. The highest BCUT2D eigenvalue weighted by molar-refractivity contribution is 5.01. The Kier molecular flexibility index (Phi) is 3.69.